The standard InChI is InChI=1S/C11H18N2O/c1-4-9(8-14)6-10-7-13(3)12-11(10)5-2/h6-7,14H,4-5,8H2,1-3H3. The van der Waals surface area contributed by atoms with Crippen LogP contribution in [-0.4, -0.2) is 21.5 Å². The van der Waals surface area contributed by atoms with Crippen LogP contribution in [0.25, 0.3) is 6.08 Å². The SMILES string of the molecule is CCC(=Cc1cn(C)nc1CC)CO. The van der Waals surface area contributed by atoms with Crippen molar-refractivity contribution in [2.24, 2.45) is 7.05 Å². The molecule has 0 aliphatic heterocycles. The van der Waals surface area contributed by atoms with Gasteiger partial charge >= 0.3 is 0 Å². The minimum absolute atomic E-state index is 0.133. The molecule has 14 heavy (non-hydrogen) atoms. The molecule has 0 aliphatic carbocycles. The number of aliphatic hydroxyl groups excluding tert-OH is 1. The van der Waals surface area contributed by atoms with Gasteiger partial charge in [0.25, 0.3) is 0 Å². The van der Waals surface area contributed by atoms with E-state index >= 15 is 0 Å². The lowest BCUT2D eigenvalue weighted by molar-refractivity contribution is 0.329. The van der Waals surface area contributed by atoms with Gasteiger partial charge in [0, 0.05) is 18.8 Å². The van der Waals surface area contributed by atoms with Gasteiger partial charge in [0.15, 0.2) is 0 Å². The number of nitrogens with zero attached hydrogens (tertiary/aromatic N) is 2. The summed E-state index contributed by atoms with van der Waals surface area (Å²) in [5.41, 5.74) is 3.26. The molecule has 0 bridgehead atoms. The molecular weight excluding hydrogens is 176 g/mol. The average molecular weight is 194 g/mol. The number of aliphatic hydroxyl groups is 1. The first-order valence-electron chi connectivity index (χ1n) is 5.04. The lowest BCUT2D eigenvalue weighted by Gasteiger charge is -1.98. The van der Waals surface area contributed by atoms with Gasteiger partial charge in [-0.2, -0.15) is 5.10 Å². The fourth-order valence-electron chi connectivity index (χ4n) is 1.43. The molecule has 1 aromatic rings. The maximum Gasteiger partial charge on any atom is 0.0694 e. The quantitative estimate of drug-likeness (QED) is 0.793. The van der Waals surface area contributed by atoms with Crippen molar-refractivity contribution in [1.82, 2.24) is 9.78 Å². The molecule has 0 amide bonds. The molecule has 0 spiro atoms. The molecule has 3 heteroatoms. The molecule has 3 nitrogen and oxygen atoms in total. The summed E-state index contributed by atoms with van der Waals surface area (Å²) < 4.78 is 1.81. The highest BCUT2D eigenvalue weighted by Gasteiger charge is 2.03. The van der Waals surface area contributed by atoms with Crippen molar-refractivity contribution in [2.75, 3.05) is 6.61 Å². The Morgan fingerprint density at radius 1 is 1.57 bits per heavy atom. The maximum absolute atomic E-state index is 9.06. The van der Waals surface area contributed by atoms with Crippen LogP contribution in [0.3, 0.4) is 0 Å². The van der Waals surface area contributed by atoms with Gasteiger partial charge in [-0.25, -0.2) is 0 Å². The zero-order valence-corrected chi connectivity index (χ0v) is 9.12. The Hall–Kier alpha value is -1.09. The fourth-order valence-corrected chi connectivity index (χ4v) is 1.43. The molecule has 0 fully saturated rings. The molecule has 0 radical (unpaired) electrons. The van der Waals surface area contributed by atoms with Crippen molar-refractivity contribution < 1.29 is 5.11 Å². The van der Waals surface area contributed by atoms with Gasteiger partial charge in [0.05, 0.1) is 12.3 Å². The van der Waals surface area contributed by atoms with Gasteiger partial charge in [0.2, 0.25) is 0 Å². The summed E-state index contributed by atoms with van der Waals surface area (Å²) in [6.07, 6.45) is 5.83. The fraction of sp³-hybridized carbons (Fsp3) is 0.545. The highest BCUT2D eigenvalue weighted by atomic mass is 16.3. The third-order valence-corrected chi connectivity index (χ3v) is 2.29. The Bertz CT molecular complexity index is 320. The third-order valence-electron chi connectivity index (χ3n) is 2.29. The van der Waals surface area contributed by atoms with E-state index in [0.29, 0.717) is 0 Å². The molecule has 0 atom stereocenters. The molecular formula is C11H18N2O. The number of aromatic nitrogens is 2. The van der Waals surface area contributed by atoms with Gasteiger partial charge in [-0.05, 0) is 18.4 Å². The van der Waals surface area contributed by atoms with Gasteiger partial charge in [-0.1, -0.05) is 19.9 Å². The highest BCUT2D eigenvalue weighted by molar-refractivity contribution is 5.54. The monoisotopic (exact) mass is 194 g/mol. The number of hydrogen-bond acceptors (Lipinski definition) is 2. The Kier molecular flexibility index (Phi) is 3.89. The van der Waals surface area contributed by atoms with Crippen LogP contribution < -0.4 is 0 Å². The van der Waals surface area contributed by atoms with Gasteiger partial charge in [0.1, 0.15) is 0 Å². The Morgan fingerprint density at radius 2 is 2.29 bits per heavy atom. The Balaban J connectivity index is 2.99. The molecule has 0 aliphatic rings. The number of aryl methyl sites for hydroxylation is 2. The van der Waals surface area contributed by atoms with Crippen LogP contribution in [0.15, 0.2) is 11.8 Å². The van der Waals surface area contributed by atoms with Crippen LogP contribution in [-0.2, 0) is 13.5 Å². The van der Waals surface area contributed by atoms with E-state index in [2.05, 4.69) is 12.0 Å². The van der Waals surface area contributed by atoms with Crippen LogP contribution in [0.2, 0.25) is 0 Å². The highest BCUT2D eigenvalue weighted by Crippen LogP contribution is 2.13. The predicted molar refractivity (Wildman–Crippen MR) is 57.9 cm³/mol. The van der Waals surface area contributed by atoms with Crippen molar-refractivity contribution in [2.45, 2.75) is 26.7 Å². The molecule has 1 N–H and O–H groups in total. The van der Waals surface area contributed by atoms with Crippen LogP contribution in [0.1, 0.15) is 31.5 Å². The summed E-state index contributed by atoms with van der Waals surface area (Å²) in [6, 6.07) is 0. The number of hydrogen-bond donors (Lipinski definition) is 1. The summed E-state index contributed by atoms with van der Waals surface area (Å²) in [7, 11) is 1.92. The summed E-state index contributed by atoms with van der Waals surface area (Å²) in [6.45, 7) is 4.27. The second-order valence-corrected chi connectivity index (χ2v) is 3.37. The van der Waals surface area contributed by atoms with E-state index in [1.807, 2.05) is 30.9 Å². The predicted octanol–water partition coefficient (Wildman–Crippen LogP) is 1.77. The summed E-state index contributed by atoms with van der Waals surface area (Å²) >= 11 is 0. The minimum Gasteiger partial charge on any atom is -0.392 e. The largest absolute Gasteiger partial charge is 0.392 e. The third kappa shape index (κ3) is 2.45. The zero-order chi connectivity index (χ0) is 10.6. The van der Waals surface area contributed by atoms with E-state index in [0.717, 1.165) is 29.7 Å². The first-order chi connectivity index (χ1) is 6.71. The maximum atomic E-state index is 9.06. The minimum atomic E-state index is 0.133. The van der Waals surface area contributed by atoms with Crippen molar-refractivity contribution in [3.05, 3.63) is 23.0 Å². The van der Waals surface area contributed by atoms with Gasteiger partial charge in [-0.3, -0.25) is 4.68 Å². The van der Waals surface area contributed by atoms with E-state index in [1.165, 1.54) is 0 Å². The average Bonchev–Trinajstić information content (AvgIpc) is 2.55. The van der Waals surface area contributed by atoms with Gasteiger partial charge < -0.3 is 5.11 Å². The summed E-state index contributed by atoms with van der Waals surface area (Å²) in [5, 5.41) is 13.4. The van der Waals surface area contributed by atoms with Gasteiger partial charge in [-0.15, -0.1) is 0 Å². The van der Waals surface area contributed by atoms with Crippen molar-refractivity contribution in [3.8, 4) is 0 Å². The second-order valence-electron chi connectivity index (χ2n) is 3.37. The smallest absolute Gasteiger partial charge is 0.0694 e. The van der Waals surface area contributed by atoms with Crippen molar-refractivity contribution >= 4 is 6.08 Å². The van der Waals surface area contributed by atoms with Crippen molar-refractivity contribution in [1.29, 1.82) is 0 Å². The molecule has 0 saturated heterocycles. The topological polar surface area (TPSA) is 38.0 Å². The van der Waals surface area contributed by atoms with Crippen LogP contribution >= 0.6 is 0 Å². The summed E-state index contributed by atoms with van der Waals surface area (Å²) in [4.78, 5) is 0. The Labute approximate surface area is 85.1 Å². The summed E-state index contributed by atoms with van der Waals surface area (Å²) in [5.74, 6) is 0. The molecule has 0 unspecified atom stereocenters. The lowest BCUT2D eigenvalue weighted by atomic mass is 10.1. The van der Waals surface area contributed by atoms with Crippen LogP contribution in [0, 0.1) is 0 Å². The molecule has 0 saturated carbocycles. The number of rotatable bonds is 4. The molecule has 1 aromatic heterocycles. The normalized spacial score (nSPS) is 12.1. The van der Waals surface area contributed by atoms with Crippen LogP contribution in [0.4, 0.5) is 0 Å². The second kappa shape index (κ2) is 4.96. The van der Waals surface area contributed by atoms with E-state index in [1.54, 1.807) is 0 Å². The van der Waals surface area contributed by atoms with E-state index in [9.17, 15) is 0 Å². The zero-order valence-electron chi connectivity index (χ0n) is 9.12. The Morgan fingerprint density at radius 3 is 2.79 bits per heavy atom. The van der Waals surface area contributed by atoms with E-state index in [4.69, 9.17) is 5.11 Å². The first-order valence-corrected chi connectivity index (χ1v) is 5.04. The molecule has 78 valence electrons. The van der Waals surface area contributed by atoms with E-state index in [-0.39, 0.29) is 6.61 Å². The molecule has 0 aromatic carbocycles. The molecule has 1 rings (SSSR count). The van der Waals surface area contributed by atoms with E-state index < -0.39 is 0 Å². The van der Waals surface area contributed by atoms with Crippen LogP contribution in [0.5, 0.6) is 0 Å². The van der Waals surface area contributed by atoms with Crippen molar-refractivity contribution in [3.63, 3.8) is 0 Å². The first kappa shape index (κ1) is 11.0. The molecule has 1 heterocycles. The lowest BCUT2D eigenvalue weighted by Crippen LogP contribution is -1.90.